The van der Waals surface area contributed by atoms with Crippen LogP contribution >= 0.6 is 0 Å². The molecule has 128 valence electrons. The van der Waals surface area contributed by atoms with Gasteiger partial charge in [-0.1, -0.05) is 13.0 Å². The molecular weight excluding hydrogens is 321 g/mol. The van der Waals surface area contributed by atoms with E-state index < -0.39 is 17.7 Å². The first-order valence-corrected chi connectivity index (χ1v) is 7.32. The van der Waals surface area contributed by atoms with Crippen LogP contribution in [-0.2, 0) is 10.9 Å². The van der Waals surface area contributed by atoms with Crippen molar-refractivity contribution in [2.45, 2.75) is 19.5 Å². The van der Waals surface area contributed by atoms with Gasteiger partial charge in [0, 0.05) is 11.4 Å². The molecule has 0 amide bonds. The van der Waals surface area contributed by atoms with Gasteiger partial charge in [0.05, 0.1) is 23.4 Å². The predicted molar refractivity (Wildman–Crippen MR) is 86.2 cm³/mol. The lowest BCUT2D eigenvalue weighted by Crippen LogP contribution is -2.10. The molecule has 2 aromatic carbocycles. The molecule has 0 spiro atoms. The molecular formula is C17H17F3N2O2. The fraction of sp³-hybridized carbons (Fsp3) is 0.235. The maximum Gasteiger partial charge on any atom is 0.416 e. The van der Waals surface area contributed by atoms with Crippen LogP contribution in [0.5, 0.6) is 0 Å². The highest BCUT2D eigenvalue weighted by atomic mass is 19.4. The SMILES string of the molecule is CCCOC(=O)c1cc(N)ccc1Nc1cccc(C(F)(F)F)c1. The molecule has 2 aromatic rings. The van der Waals surface area contributed by atoms with Crippen molar-refractivity contribution in [1.29, 1.82) is 0 Å². The van der Waals surface area contributed by atoms with E-state index in [0.29, 0.717) is 17.8 Å². The Morgan fingerprint density at radius 3 is 2.62 bits per heavy atom. The quantitative estimate of drug-likeness (QED) is 0.618. The lowest BCUT2D eigenvalue weighted by molar-refractivity contribution is -0.137. The molecule has 0 aromatic heterocycles. The van der Waals surface area contributed by atoms with Crippen LogP contribution in [-0.4, -0.2) is 12.6 Å². The Morgan fingerprint density at radius 1 is 1.21 bits per heavy atom. The summed E-state index contributed by atoms with van der Waals surface area (Å²) < 4.78 is 43.4. The molecule has 0 bridgehead atoms. The normalized spacial score (nSPS) is 11.2. The number of nitrogens with one attached hydrogen (secondary N) is 1. The summed E-state index contributed by atoms with van der Waals surface area (Å²) in [5.74, 6) is -0.585. The molecule has 0 saturated heterocycles. The van der Waals surface area contributed by atoms with E-state index in [4.69, 9.17) is 10.5 Å². The Labute approximate surface area is 137 Å². The van der Waals surface area contributed by atoms with Crippen LogP contribution in [0.15, 0.2) is 42.5 Å². The van der Waals surface area contributed by atoms with Crippen LogP contribution in [0.3, 0.4) is 0 Å². The number of carbonyl (C=O) groups excluding carboxylic acids is 1. The van der Waals surface area contributed by atoms with Crippen LogP contribution in [0.4, 0.5) is 30.2 Å². The second-order valence-electron chi connectivity index (χ2n) is 5.14. The lowest BCUT2D eigenvalue weighted by Gasteiger charge is -2.14. The Morgan fingerprint density at radius 2 is 1.96 bits per heavy atom. The van der Waals surface area contributed by atoms with Gasteiger partial charge in [-0.3, -0.25) is 0 Å². The predicted octanol–water partition coefficient (Wildman–Crippen LogP) is 4.60. The van der Waals surface area contributed by atoms with Crippen molar-refractivity contribution < 1.29 is 22.7 Å². The molecule has 0 aliphatic heterocycles. The minimum atomic E-state index is -4.44. The topological polar surface area (TPSA) is 64.3 Å². The average Bonchev–Trinajstić information content (AvgIpc) is 2.53. The summed E-state index contributed by atoms with van der Waals surface area (Å²) >= 11 is 0. The first-order chi connectivity index (χ1) is 11.3. The number of carbonyl (C=O) groups is 1. The van der Waals surface area contributed by atoms with Crippen LogP contribution in [0.25, 0.3) is 0 Å². The summed E-state index contributed by atoms with van der Waals surface area (Å²) in [6, 6.07) is 9.21. The van der Waals surface area contributed by atoms with Crippen molar-refractivity contribution in [3.05, 3.63) is 53.6 Å². The first-order valence-electron chi connectivity index (χ1n) is 7.32. The number of hydrogen-bond donors (Lipinski definition) is 2. The third-order valence-corrected chi connectivity index (χ3v) is 3.17. The van der Waals surface area contributed by atoms with Gasteiger partial charge in [0.1, 0.15) is 0 Å². The zero-order valence-electron chi connectivity index (χ0n) is 13.0. The fourth-order valence-corrected chi connectivity index (χ4v) is 2.04. The fourth-order valence-electron chi connectivity index (χ4n) is 2.04. The molecule has 0 radical (unpaired) electrons. The van der Waals surface area contributed by atoms with E-state index in [0.717, 1.165) is 12.1 Å². The number of nitrogens with two attached hydrogens (primary N) is 1. The molecule has 0 aliphatic carbocycles. The van der Waals surface area contributed by atoms with Crippen LogP contribution in [0.2, 0.25) is 0 Å². The van der Waals surface area contributed by atoms with Crippen molar-refractivity contribution in [1.82, 2.24) is 0 Å². The summed E-state index contributed by atoms with van der Waals surface area (Å²) in [6.07, 6.45) is -3.79. The highest BCUT2D eigenvalue weighted by molar-refractivity contribution is 5.97. The maximum atomic E-state index is 12.8. The molecule has 24 heavy (non-hydrogen) atoms. The zero-order valence-corrected chi connectivity index (χ0v) is 13.0. The van der Waals surface area contributed by atoms with E-state index in [1.807, 2.05) is 6.92 Å². The minimum absolute atomic E-state index is 0.167. The number of hydrogen-bond acceptors (Lipinski definition) is 4. The Balaban J connectivity index is 2.31. The van der Waals surface area contributed by atoms with Crippen molar-refractivity contribution in [2.24, 2.45) is 0 Å². The number of alkyl halides is 3. The molecule has 0 saturated carbocycles. The second kappa shape index (κ2) is 7.25. The zero-order chi connectivity index (χ0) is 17.7. The molecule has 0 unspecified atom stereocenters. The van der Waals surface area contributed by atoms with Gasteiger partial charge >= 0.3 is 12.1 Å². The van der Waals surface area contributed by atoms with Crippen LogP contribution < -0.4 is 11.1 Å². The number of benzene rings is 2. The van der Waals surface area contributed by atoms with E-state index in [1.165, 1.54) is 24.3 Å². The molecule has 3 N–H and O–H groups in total. The number of rotatable bonds is 5. The van der Waals surface area contributed by atoms with E-state index in [2.05, 4.69) is 5.32 Å². The number of ether oxygens (including phenoxy) is 1. The molecule has 0 atom stereocenters. The summed E-state index contributed by atoms with van der Waals surface area (Å²) in [6.45, 7) is 2.10. The van der Waals surface area contributed by atoms with E-state index >= 15 is 0 Å². The largest absolute Gasteiger partial charge is 0.462 e. The standard InChI is InChI=1S/C17H17F3N2O2/c1-2-8-24-16(23)14-10-12(21)6-7-15(14)22-13-5-3-4-11(9-13)17(18,19)20/h3-7,9-10,22H,2,8,21H2,1H3. The van der Waals surface area contributed by atoms with Gasteiger partial charge in [-0.05, 0) is 42.8 Å². The van der Waals surface area contributed by atoms with Gasteiger partial charge in [-0.25, -0.2) is 4.79 Å². The minimum Gasteiger partial charge on any atom is -0.462 e. The van der Waals surface area contributed by atoms with Gasteiger partial charge in [-0.15, -0.1) is 0 Å². The first kappa shape index (κ1) is 17.7. The van der Waals surface area contributed by atoms with Crippen molar-refractivity contribution in [2.75, 3.05) is 17.7 Å². The number of nitrogen functional groups attached to an aromatic ring is 1. The Hall–Kier alpha value is -2.70. The smallest absolute Gasteiger partial charge is 0.416 e. The maximum absolute atomic E-state index is 12.8. The summed E-state index contributed by atoms with van der Waals surface area (Å²) in [4.78, 5) is 12.1. The van der Waals surface area contributed by atoms with E-state index in [9.17, 15) is 18.0 Å². The van der Waals surface area contributed by atoms with Crippen molar-refractivity contribution in [3.8, 4) is 0 Å². The van der Waals surface area contributed by atoms with Gasteiger partial charge in [-0.2, -0.15) is 13.2 Å². The molecule has 4 nitrogen and oxygen atoms in total. The number of anilines is 3. The molecule has 0 fully saturated rings. The third-order valence-electron chi connectivity index (χ3n) is 3.17. The van der Waals surface area contributed by atoms with Crippen molar-refractivity contribution in [3.63, 3.8) is 0 Å². The van der Waals surface area contributed by atoms with Gasteiger partial charge in [0.15, 0.2) is 0 Å². The Bertz CT molecular complexity index is 730. The lowest BCUT2D eigenvalue weighted by atomic mass is 10.1. The summed E-state index contributed by atoms with van der Waals surface area (Å²) in [5, 5.41) is 2.81. The van der Waals surface area contributed by atoms with Gasteiger partial charge in [0.25, 0.3) is 0 Å². The van der Waals surface area contributed by atoms with Crippen LogP contribution in [0, 0.1) is 0 Å². The van der Waals surface area contributed by atoms with Crippen LogP contribution in [0.1, 0.15) is 29.3 Å². The van der Waals surface area contributed by atoms with E-state index in [-0.39, 0.29) is 17.9 Å². The second-order valence-corrected chi connectivity index (χ2v) is 5.14. The average molecular weight is 338 g/mol. The molecule has 2 rings (SSSR count). The third kappa shape index (κ3) is 4.41. The highest BCUT2D eigenvalue weighted by Crippen LogP contribution is 2.32. The summed E-state index contributed by atoms with van der Waals surface area (Å²) in [5.41, 5.74) is 5.96. The number of esters is 1. The van der Waals surface area contributed by atoms with Gasteiger partial charge in [0.2, 0.25) is 0 Å². The summed E-state index contributed by atoms with van der Waals surface area (Å²) in [7, 11) is 0. The van der Waals surface area contributed by atoms with Crippen molar-refractivity contribution >= 4 is 23.0 Å². The van der Waals surface area contributed by atoms with Gasteiger partial charge < -0.3 is 15.8 Å². The highest BCUT2D eigenvalue weighted by Gasteiger charge is 2.30. The van der Waals surface area contributed by atoms with E-state index in [1.54, 1.807) is 6.07 Å². The number of halogens is 3. The molecule has 7 heteroatoms. The molecule has 0 heterocycles. The Kier molecular flexibility index (Phi) is 5.33. The molecule has 0 aliphatic rings. The monoisotopic (exact) mass is 338 g/mol.